The molecule has 2 heteroatoms. The molecule has 0 aliphatic rings. The minimum absolute atomic E-state index is 0.0892. The second-order valence-corrected chi connectivity index (χ2v) is 5.81. The molecule has 0 saturated carbocycles. The molecular weight excluding hydrogens is 246 g/mol. The molecule has 0 saturated heterocycles. The van der Waals surface area contributed by atoms with Crippen molar-refractivity contribution in [3.05, 3.63) is 66.9 Å². The summed E-state index contributed by atoms with van der Waals surface area (Å²) in [7, 11) is 0. The smallest absolute Gasteiger partial charge is 0.0762 e. The van der Waals surface area contributed by atoms with Crippen molar-refractivity contribution in [2.45, 2.75) is 38.8 Å². The van der Waals surface area contributed by atoms with Crippen LogP contribution in [0, 0.1) is 0 Å². The van der Waals surface area contributed by atoms with Crippen molar-refractivity contribution in [2.75, 3.05) is 0 Å². The van der Waals surface area contributed by atoms with Crippen molar-refractivity contribution in [2.24, 2.45) is 0 Å². The Morgan fingerprint density at radius 2 is 1.85 bits per heavy atom. The van der Waals surface area contributed by atoms with Crippen LogP contribution < -0.4 is 5.32 Å². The highest BCUT2D eigenvalue weighted by Crippen LogP contribution is 2.19. The van der Waals surface area contributed by atoms with Gasteiger partial charge < -0.3 is 10.4 Å². The van der Waals surface area contributed by atoms with Gasteiger partial charge in [-0.1, -0.05) is 44.0 Å². The maximum Gasteiger partial charge on any atom is 0.0762 e. The van der Waals surface area contributed by atoms with Crippen LogP contribution in [0.1, 0.15) is 31.9 Å². The lowest BCUT2D eigenvalue weighted by atomic mass is 9.93. The van der Waals surface area contributed by atoms with Crippen molar-refractivity contribution < 1.29 is 5.11 Å². The summed E-state index contributed by atoms with van der Waals surface area (Å²) >= 11 is 0. The van der Waals surface area contributed by atoms with Gasteiger partial charge in [0.05, 0.1) is 6.10 Å². The number of aliphatic hydroxyl groups excluding tert-OH is 1. The largest absolute Gasteiger partial charge is 0.389 e. The fourth-order valence-electron chi connectivity index (χ4n) is 2.12. The van der Waals surface area contributed by atoms with E-state index >= 15 is 0 Å². The number of aliphatic hydroxyl groups is 1. The predicted molar refractivity (Wildman–Crippen MR) is 87.4 cm³/mol. The molecule has 0 spiro atoms. The number of hydrogen-bond acceptors (Lipinski definition) is 2. The van der Waals surface area contributed by atoms with Gasteiger partial charge in [0, 0.05) is 11.2 Å². The van der Waals surface area contributed by atoms with Crippen molar-refractivity contribution in [3.8, 4) is 0 Å². The summed E-state index contributed by atoms with van der Waals surface area (Å²) in [5.74, 6) is 0. The van der Waals surface area contributed by atoms with Crippen molar-refractivity contribution >= 4 is 5.57 Å². The zero-order valence-electron chi connectivity index (χ0n) is 12.7. The summed E-state index contributed by atoms with van der Waals surface area (Å²) < 4.78 is 0. The zero-order valence-corrected chi connectivity index (χ0v) is 12.7. The van der Waals surface area contributed by atoms with Gasteiger partial charge in [0.1, 0.15) is 0 Å². The summed E-state index contributed by atoms with van der Waals surface area (Å²) in [5, 5.41) is 12.9. The van der Waals surface area contributed by atoms with Crippen molar-refractivity contribution in [1.29, 1.82) is 0 Å². The Morgan fingerprint density at radius 3 is 2.30 bits per heavy atom. The average Bonchev–Trinajstić information content (AvgIpc) is 2.37. The average molecular weight is 271 g/mol. The molecule has 20 heavy (non-hydrogen) atoms. The molecule has 0 bridgehead atoms. The van der Waals surface area contributed by atoms with E-state index in [1.165, 1.54) is 5.56 Å². The number of allylic oxidation sites excluding steroid dienone is 1. The molecule has 2 nitrogen and oxygen atoms in total. The molecular formula is C18H25NO. The SMILES string of the molecule is C=CC(=C)NC(C)(C)Cc1ccc(C(=C)C(C)O)cc1. The van der Waals surface area contributed by atoms with E-state index in [0.717, 1.165) is 23.3 Å². The molecule has 1 rings (SSSR count). The van der Waals surface area contributed by atoms with E-state index < -0.39 is 6.10 Å². The normalized spacial score (nSPS) is 12.6. The van der Waals surface area contributed by atoms with Gasteiger partial charge in [-0.05, 0) is 50.0 Å². The molecule has 0 aromatic heterocycles. The molecule has 0 heterocycles. The maximum absolute atomic E-state index is 9.53. The summed E-state index contributed by atoms with van der Waals surface area (Å²) in [6.07, 6.45) is 2.08. The Labute approximate surface area is 122 Å². The van der Waals surface area contributed by atoms with Crippen LogP contribution in [0.4, 0.5) is 0 Å². The van der Waals surface area contributed by atoms with Crippen molar-refractivity contribution in [1.82, 2.24) is 5.32 Å². The Bertz CT molecular complexity index is 495. The van der Waals surface area contributed by atoms with E-state index in [1.807, 2.05) is 12.1 Å². The fourth-order valence-corrected chi connectivity index (χ4v) is 2.12. The second kappa shape index (κ2) is 6.58. The van der Waals surface area contributed by atoms with Gasteiger partial charge in [0.15, 0.2) is 0 Å². The first-order chi connectivity index (χ1) is 9.25. The van der Waals surface area contributed by atoms with Crippen LogP contribution >= 0.6 is 0 Å². The highest BCUT2D eigenvalue weighted by molar-refractivity contribution is 5.66. The molecule has 2 N–H and O–H groups in total. The molecule has 1 atom stereocenters. The highest BCUT2D eigenvalue weighted by Gasteiger charge is 2.18. The van der Waals surface area contributed by atoms with Crippen LogP contribution in [0.3, 0.4) is 0 Å². The van der Waals surface area contributed by atoms with Gasteiger partial charge in [-0.2, -0.15) is 0 Å². The third-order valence-electron chi connectivity index (χ3n) is 3.22. The van der Waals surface area contributed by atoms with Crippen LogP contribution in [0.15, 0.2) is 55.8 Å². The van der Waals surface area contributed by atoms with Gasteiger partial charge in [-0.15, -0.1) is 0 Å². The van der Waals surface area contributed by atoms with E-state index in [0.29, 0.717) is 0 Å². The predicted octanol–water partition coefficient (Wildman–Crippen LogP) is 3.69. The van der Waals surface area contributed by atoms with Crippen molar-refractivity contribution in [3.63, 3.8) is 0 Å². The van der Waals surface area contributed by atoms with Crippen LogP contribution in [0.5, 0.6) is 0 Å². The van der Waals surface area contributed by atoms with Gasteiger partial charge in [0.25, 0.3) is 0 Å². The summed E-state index contributed by atoms with van der Waals surface area (Å²) in [4.78, 5) is 0. The zero-order chi connectivity index (χ0) is 15.3. The van der Waals surface area contributed by atoms with Gasteiger partial charge in [-0.25, -0.2) is 0 Å². The molecule has 0 aliphatic carbocycles. The minimum Gasteiger partial charge on any atom is -0.389 e. The van der Waals surface area contributed by atoms with E-state index in [9.17, 15) is 5.11 Å². The van der Waals surface area contributed by atoms with Crippen LogP contribution in [0.2, 0.25) is 0 Å². The molecule has 0 fully saturated rings. The number of hydrogen-bond donors (Lipinski definition) is 2. The summed E-state index contributed by atoms with van der Waals surface area (Å²) in [5.41, 5.74) is 3.68. The molecule has 1 aromatic carbocycles. The van der Waals surface area contributed by atoms with E-state index in [1.54, 1.807) is 13.0 Å². The van der Waals surface area contributed by atoms with Gasteiger partial charge in [-0.3, -0.25) is 0 Å². The lowest BCUT2D eigenvalue weighted by Gasteiger charge is -2.28. The topological polar surface area (TPSA) is 32.3 Å². The third kappa shape index (κ3) is 4.71. The van der Waals surface area contributed by atoms with E-state index in [-0.39, 0.29) is 5.54 Å². The molecule has 1 aromatic rings. The Balaban J connectivity index is 2.77. The third-order valence-corrected chi connectivity index (χ3v) is 3.22. The Morgan fingerprint density at radius 1 is 1.30 bits per heavy atom. The number of rotatable bonds is 7. The number of benzene rings is 1. The Hall–Kier alpha value is -1.80. The van der Waals surface area contributed by atoms with Crippen LogP contribution in [-0.2, 0) is 6.42 Å². The molecule has 0 radical (unpaired) electrons. The van der Waals surface area contributed by atoms with Crippen LogP contribution in [0.25, 0.3) is 5.57 Å². The molecule has 0 aliphatic heterocycles. The van der Waals surface area contributed by atoms with E-state index in [4.69, 9.17) is 0 Å². The summed E-state index contributed by atoms with van der Waals surface area (Å²) in [6, 6.07) is 8.15. The van der Waals surface area contributed by atoms with Crippen LogP contribution in [-0.4, -0.2) is 16.7 Å². The maximum atomic E-state index is 9.53. The second-order valence-electron chi connectivity index (χ2n) is 5.81. The molecule has 0 amide bonds. The first kappa shape index (κ1) is 16.3. The molecule has 1 unspecified atom stereocenters. The lowest BCUT2D eigenvalue weighted by Crippen LogP contribution is -2.39. The fraction of sp³-hybridized carbons (Fsp3) is 0.333. The lowest BCUT2D eigenvalue weighted by molar-refractivity contribution is 0.253. The minimum atomic E-state index is -0.519. The monoisotopic (exact) mass is 271 g/mol. The molecule has 108 valence electrons. The summed E-state index contributed by atoms with van der Waals surface area (Å²) in [6.45, 7) is 17.5. The standard InChI is InChI=1S/C18H25NO/c1-7-13(2)19-18(5,6)12-16-8-10-17(11-9-16)14(3)15(4)20/h7-11,15,19-20H,1-3,12H2,4-6H3. The Kier molecular flexibility index (Phi) is 5.34. The first-order valence-electron chi connectivity index (χ1n) is 6.81. The van der Waals surface area contributed by atoms with Gasteiger partial charge in [0.2, 0.25) is 0 Å². The highest BCUT2D eigenvalue weighted by atomic mass is 16.3. The number of nitrogens with one attached hydrogen (secondary N) is 1. The van der Waals surface area contributed by atoms with E-state index in [2.05, 4.69) is 51.0 Å². The quantitative estimate of drug-likeness (QED) is 0.741. The van der Waals surface area contributed by atoms with Gasteiger partial charge >= 0.3 is 0 Å². The first-order valence-corrected chi connectivity index (χ1v) is 6.81.